The molecule has 0 radical (unpaired) electrons. The summed E-state index contributed by atoms with van der Waals surface area (Å²) in [7, 11) is 0.702. The first-order valence-corrected chi connectivity index (χ1v) is 10.9. The molecule has 1 heterocycles. The predicted octanol–water partition coefficient (Wildman–Crippen LogP) is 1.58. The molecule has 1 saturated heterocycles. The van der Waals surface area contributed by atoms with E-state index in [1.807, 2.05) is 32.8 Å². The van der Waals surface area contributed by atoms with Crippen LogP contribution in [0.5, 0.6) is 0 Å². The number of rotatable bonds is 7. The van der Waals surface area contributed by atoms with Crippen molar-refractivity contribution < 1.29 is 22.7 Å². The molecule has 150 valence electrons. The molecule has 8 heteroatoms. The molecule has 1 aromatic rings. The number of benzene rings is 1. The molecule has 0 saturated carbocycles. The van der Waals surface area contributed by atoms with Crippen LogP contribution < -0.4 is 4.90 Å². The van der Waals surface area contributed by atoms with Crippen molar-refractivity contribution in [2.45, 2.75) is 26.3 Å². The van der Waals surface area contributed by atoms with E-state index in [0.29, 0.717) is 18.5 Å². The molecule has 0 bridgehead atoms. The Balaban J connectivity index is 1.99. The molecule has 1 fully saturated rings. The zero-order valence-corrected chi connectivity index (χ0v) is 17.2. The number of anilines is 1. The normalized spacial score (nSPS) is 18.3. The van der Waals surface area contributed by atoms with Crippen LogP contribution in [0.1, 0.15) is 30.6 Å². The molecule has 0 aliphatic carbocycles. The van der Waals surface area contributed by atoms with E-state index < -0.39 is 22.4 Å². The van der Waals surface area contributed by atoms with Gasteiger partial charge in [0.1, 0.15) is 0 Å². The van der Waals surface area contributed by atoms with Crippen molar-refractivity contribution in [3.05, 3.63) is 29.8 Å². The van der Waals surface area contributed by atoms with Gasteiger partial charge in [0.25, 0.3) is 5.91 Å². The zero-order valence-electron chi connectivity index (χ0n) is 16.3. The van der Waals surface area contributed by atoms with Crippen LogP contribution in [0.3, 0.4) is 0 Å². The number of ether oxygens (including phenoxy) is 1. The molecule has 0 aromatic heterocycles. The van der Waals surface area contributed by atoms with Crippen molar-refractivity contribution in [3.8, 4) is 0 Å². The van der Waals surface area contributed by atoms with Gasteiger partial charge >= 0.3 is 5.97 Å². The number of nitrogens with zero attached hydrogens (tertiary/aromatic N) is 2. The third kappa shape index (κ3) is 5.95. The fourth-order valence-electron chi connectivity index (χ4n) is 3.06. The topological polar surface area (TPSA) is 84.0 Å². The summed E-state index contributed by atoms with van der Waals surface area (Å²) < 4.78 is 28.7. The minimum absolute atomic E-state index is 0.0224. The first-order chi connectivity index (χ1) is 12.6. The fraction of sp³-hybridized carbons (Fsp3) is 0.579. The van der Waals surface area contributed by atoms with E-state index in [4.69, 9.17) is 4.74 Å². The largest absolute Gasteiger partial charge is 0.452 e. The Morgan fingerprint density at radius 3 is 2.30 bits per heavy atom. The van der Waals surface area contributed by atoms with Gasteiger partial charge in [-0.3, -0.25) is 4.79 Å². The lowest BCUT2D eigenvalue weighted by Gasteiger charge is -2.29. The summed E-state index contributed by atoms with van der Waals surface area (Å²) in [5.41, 5.74) is 1.32. The highest BCUT2D eigenvalue weighted by Gasteiger charge is 2.35. The van der Waals surface area contributed by atoms with Gasteiger partial charge in [-0.25, -0.2) is 13.2 Å². The molecule has 7 nitrogen and oxygen atoms in total. The second-order valence-electron chi connectivity index (χ2n) is 7.51. The lowest BCUT2D eigenvalue weighted by molar-refractivity contribution is -0.137. The van der Waals surface area contributed by atoms with E-state index in [1.165, 1.54) is 0 Å². The molecule has 1 aliphatic rings. The van der Waals surface area contributed by atoms with E-state index >= 15 is 0 Å². The Labute approximate surface area is 161 Å². The van der Waals surface area contributed by atoms with Gasteiger partial charge in [0.2, 0.25) is 0 Å². The molecule has 2 rings (SSSR count). The van der Waals surface area contributed by atoms with Crippen molar-refractivity contribution in [3.63, 3.8) is 0 Å². The molecular formula is C19H28N2O5S. The maximum absolute atomic E-state index is 12.6. The molecule has 0 N–H and O–H groups in total. The summed E-state index contributed by atoms with van der Waals surface area (Å²) in [5, 5.41) is 0. The smallest absolute Gasteiger partial charge is 0.338 e. The van der Waals surface area contributed by atoms with Gasteiger partial charge in [0.05, 0.1) is 17.1 Å². The highest BCUT2D eigenvalue weighted by molar-refractivity contribution is 7.91. The van der Waals surface area contributed by atoms with Crippen LogP contribution in [0.4, 0.5) is 5.69 Å². The van der Waals surface area contributed by atoms with Crippen molar-refractivity contribution in [2.24, 2.45) is 5.92 Å². The Bertz CT molecular complexity index is 772. The van der Waals surface area contributed by atoms with E-state index in [2.05, 4.69) is 0 Å². The Morgan fingerprint density at radius 2 is 1.81 bits per heavy atom. The summed E-state index contributed by atoms with van der Waals surface area (Å²) >= 11 is 0. The van der Waals surface area contributed by atoms with Crippen molar-refractivity contribution in [1.29, 1.82) is 0 Å². The van der Waals surface area contributed by atoms with Crippen LogP contribution in [0.15, 0.2) is 24.3 Å². The second-order valence-corrected chi connectivity index (χ2v) is 9.74. The number of esters is 1. The van der Waals surface area contributed by atoms with Crippen LogP contribution in [0.25, 0.3) is 0 Å². The van der Waals surface area contributed by atoms with E-state index in [1.54, 1.807) is 29.2 Å². The Morgan fingerprint density at radius 1 is 1.19 bits per heavy atom. The number of hydrogen-bond donors (Lipinski definition) is 0. The predicted molar refractivity (Wildman–Crippen MR) is 105 cm³/mol. The third-order valence-electron chi connectivity index (χ3n) is 4.48. The molecular weight excluding hydrogens is 368 g/mol. The summed E-state index contributed by atoms with van der Waals surface area (Å²) in [5.74, 6) is -0.670. The van der Waals surface area contributed by atoms with Crippen LogP contribution in [0.2, 0.25) is 0 Å². The van der Waals surface area contributed by atoms with Crippen LogP contribution in [0, 0.1) is 5.92 Å². The number of hydrogen-bond acceptors (Lipinski definition) is 6. The van der Waals surface area contributed by atoms with Gasteiger partial charge in [-0.15, -0.1) is 0 Å². The quantitative estimate of drug-likeness (QED) is 0.651. The average molecular weight is 397 g/mol. The van der Waals surface area contributed by atoms with Crippen LogP contribution in [-0.2, 0) is 19.4 Å². The highest BCUT2D eigenvalue weighted by Crippen LogP contribution is 2.19. The van der Waals surface area contributed by atoms with Gasteiger partial charge < -0.3 is 14.5 Å². The molecule has 1 aliphatic heterocycles. The minimum atomic E-state index is -3.10. The second kappa shape index (κ2) is 8.73. The molecule has 27 heavy (non-hydrogen) atoms. The number of amides is 1. The summed E-state index contributed by atoms with van der Waals surface area (Å²) in [6.45, 7) is 3.97. The lowest BCUT2D eigenvalue weighted by Crippen LogP contribution is -2.45. The number of carbonyl (C=O) groups excluding carboxylic acids is 2. The van der Waals surface area contributed by atoms with E-state index in [0.717, 1.165) is 5.69 Å². The molecule has 1 amide bonds. The van der Waals surface area contributed by atoms with Crippen molar-refractivity contribution in [2.75, 3.05) is 43.7 Å². The zero-order chi connectivity index (χ0) is 20.2. The van der Waals surface area contributed by atoms with E-state index in [-0.39, 0.29) is 29.4 Å². The first kappa shape index (κ1) is 21.2. The lowest BCUT2D eigenvalue weighted by atomic mass is 10.1. The summed E-state index contributed by atoms with van der Waals surface area (Å²) in [6, 6.07) is 6.55. The highest BCUT2D eigenvalue weighted by atomic mass is 32.2. The monoisotopic (exact) mass is 396 g/mol. The van der Waals surface area contributed by atoms with Crippen LogP contribution >= 0.6 is 0 Å². The van der Waals surface area contributed by atoms with Gasteiger partial charge in [-0.05, 0) is 36.6 Å². The molecule has 0 spiro atoms. The standard InChI is InChI=1S/C19H28N2O5S/c1-14(2)11-21(17-9-10-27(24,25)13-17)18(22)12-26-19(23)15-5-7-16(8-6-15)20(3)4/h5-8,14,17H,9-13H2,1-4H3/t17-/m0/s1. The SMILES string of the molecule is CC(C)CN(C(=O)COC(=O)c1ccc(N(C)C)cc1)[C@H]1CCS(=O)(=O)C1. The summed E-state index contributed by atoms with van der Waals surface area (Å²) in [4.78, 5) is 28.3. The van der Waals surface area contributed by atoms with Crippen molar-refractivity contribution in [1.82, 2.24) is 4.90 Å². The molecule has 1 aromatic carbocycles. The van der Waals surface area contributed by atoms with Crippen molar-refractivity contribution >= 4 is 27.4 Å². The molecule has 1 atom stereocenters. The molecule has 0 unspecified atom stereocenters. The van der Waals surface area contributed by atoms with Crippen LogP contribution in [-0.4, -0.2) is 70.0 Å². The number of sulfone groups is 1. The maximum Gasteiger partial charge on any atom is 0.338 e. The van der Waals surface area contributed by atoms with Gasteiger partial charge in [0, 0.05) is 32.4 Å². The van der Waals surface area contributed by atoms with E-state index in [9.17, 15) is 18.0 Å². The van der Waals surface area contributed by atoms with Gasteiger partial charge in [-0.2, -0.15) is 0 Å². The number of carbonyl (C=O) groups is 2. The minimum Gasteiger partial charge on any atom is -0.452 e. The first-order valence-electron chi connectivity index (χ1n) is 9.03. The third-order valence-corrected chi connectivity index (χ3v) is 6.23. The van der Waals surface area contributed by atoms with Gasteiger partial charge in [0.15, 0.2) is 16.4 Å². The average Bonchev–Trinajstić information content (AvgIpc) is 2.96. The summed E-state index contributed by atoms with van der Waals surface area (Å²) in [6.07, 6.45) is 0.431. The van der Waals surface area contributed by atoms with Gasteiger partial charge in [-0.1, -0.05) is 13.8 Å². The maximum atomic E-state index is 12.6. The Kier molecular flexibility index (Phi) is 6.86. The Hall–Kier alpha value is -2.09. The fourth-order valence-corrected chi connectivity index (χ4v) is 4.79.